The number of amides is 1. The minimum Gasteiger partial charge on any atom is -0.496 e. The number of thiazole rings is 1. The fourth-order valence-corrected chi connectivity index (χ4v) is 6.32. The zero-order chi connectivity index (χ0) is 29.2. The molecule has 8 heteroatoms. The maximum absolute atomic E-state index is 14.2. The predicted octanol–water partition coefficient (Wildman–Crippen LogP) is 5.43. The van der Waals surface area contributed by atoms with E-state index in [2.05, 4.69) is 5.32 Å². The van der Waals surface area contributed by atoms with Gasteiger partial charge in [0.15, 0.2) is 4.80 Å². The van der Waals surface area contributed by atoms with Gasteiger partial charge in [0.25, 0.3) is 11.5 Å². The molecule has 1 atom stereocenters. The third kappa shape index (κ3) is 5.01. The van der Waals surface area contributed by atoms with Gasteiger partial charge in [0.1, 0.15) is 11.5 Å². The van der Waals surface area contributed by atoms with Crippen molar-refractivity contribution < 1.29 is 14.3 Å². The summed E-state index contributed by atoms with van der Waals surface area (Å²) in [5.41, 5.74) is 2.99. The Bertz CT molecular complexity index is 2010. The molecular weight excluding hydrogens is 546 g/mol. The average Bonchev–Trinajstić information content (AvgIpc) is 3.31. The molecule has 0 aliphatic carbocycles. The van der Waals surface area contributed by atoms with Gasteiger partial charge in [-0.2, -0.15) is 0 Å². The Balaban J connectivity index is 1.54. The van der Waals surface area contributed by atoms with Crippen molar-refractivity contribution in [1.29, 1.82) is 0 Å². The summed E-state index contributed by atoms with van der Waals surface area (Å²) in [5, 5.41) is 5.01. The molecule has 7 nitrogen and oxygen atoms in total. The minimum atomic E-state index is -0.683. The molecule has 42 heavy (non-hydrogen) atoms. The Morgan fingerprint density at radius 3 is 2.48 bits per heavy atom. The molecule has 2 heterocycles. The number of hydrogen-bond acceptors (Lipinski definition) is 6. The van der Waals surface area contributed by atoms with Crippen LogP contribution in [0.15, 0.2) is 112 Å². The molecule has 0 saturated heterocycles. The van der Waals surface area contributed by atoms with E-state index in [1.165, 1.54) is 11.3 Å². The van der Waals surface area contributed by atoms with Crippen LogP contribution in [0.3, 0.4) is 0 Å². The Hall–Kier alpha value is -4.95. The van der Waals surface area contributed by atoms with E-state index in [-0.39, 0.29) is 11.5 Å². The van der Waals surface area contributed by atoms with Crippen molar-refractivity contribution >= 4 is 39.8 Å². The van der Waals surface area contributed by atoms with E-state index in [1.54, 1.807) is 11.7 Å². The lowest BCUT2D eigenvalue weighted by atomic mass is 9.95. The van der Waals surface area contributed by atoms with E-state index in [9.17, 15) is 9.59 Å². The number of methoxy groups -OCH3 is 1. The topological polar surface area (TPSA) is 81.9 Å². The van der Waals surface area contributed by atoms with Gasteiger partial charge in [0.05, 0.1) is 35.6 Å². The van der Waals surface area contributed by atoms with Crippen molar-refractivity contribution in [2.24, 2.45) is 4.99 Å². The summed E-state index contributed by atoms with van der Waals surface area (Å²) in [4.78, 5) is 33.3. The van der Waals surface area contributed by atoms with Gasteiger partial charge in [0.2, 0.25) is 0 Å². The second kappa shape index (κ2) is 11.5. The Kier molecular flexibility index (Phi) is 7.46. The van der Waals surface area contributed by atoms with Gasteiger partial charge >= 0.3 is 0 Å². The Morgan fingerprint density at radius 2 is 1.74 bits per heavy atom. The standard InChI is InChI=1S/C34H29N3O4S/c1-4-41-25-17-14-23(15-18-25)31-30(32(38)36-24-11-6-5-7-12-24)21(2)35-34-37(31)33(39)29(42-34)20-27-26-13-9-8-10-22(26)16-19-28(27)40-3/h5-20,31H,4H2,1-3H3,(H,36,38)/b29-20+/t31-/m1/s1. The van der Waals surface area contributed by atoms with Gasteiger partial charge in [-0.05, 0) is 66.6 Å². The largest absolute Gasteiger partial charge is 0.496 e. The number of rotatable bonds is 7. The maximum atomic E-state index is 14.2. The quantitative estimate of drug-likeness (QED) is 0.281. The van der Waals surface area contributed by atoms with Crippen LogP contribution in [0.4, 0.5) is 5.69 Å². The molecule has 0 fully saturated rings. The smallest absolute Gasteiger partial charge is 0.271 e. The highest BCUT2D eigenvalue weighted by atomic mass is 32.1. The second-order valence-corrected chi connectivity index (χ2v) is 10.8. The molecule has 4 aromatic carbocycles. The van der Waals surface area contributed by atoms with E-state index in [1.807, 2.05) is 111 Å². The van der Waals surface area contributed by atoms with Crippen LogP contribution in [0.2, 0.25) is 0 Å². The van der Waals surface area contributed by atoms with Crippen molar-refractivity contribution in [3.63, 3.8) is 0 Å². The summed E-state index contributed by atoms with van der Waals surface area (Å²) in [6, 6.07) is 28.0. The summed E-state index contributed by atoms with van der Waals surface area (Å²) in [6.45, 7) is 4.28. The lowest BCUT2D eigenvalue weighted by molar-refractivity contribution is -0.113. The number of carbonyl (C=O) groups excluding carboxylic acids is 1. The van der Waals surface area contributed by atoms with Crippen molar-refractivity contribution in [3.8, 4) is 11.5 Å². The van der Waals surface area contributed by atoms with Gasteiger partial charge in [-0.3, -0.25) is 14.2 Å². The number of nitrogens with one attached hydrogen (secondary N) is 1. The Labute approximate surface area is 246 Å². The van der Waals surface area contributed by atoms with E-state index in [0.717, 1.165) is 21.9 Å². The van der Waals surface area contributed by atoms with Crippen LogP contribution in [0.1, 0.15) is 31.0 Å². The second-order valence-electron chi connectivity index (χ2n) is 9.81. The third-order valence-corrected chi connectivity index (χ3v) is 8.21. The molecule has 1 aromatic heterocycles. The molecule has 6 rings (SSSR count). The molecule has 1 amide bonds. The number of allylic oxidation sites excluding steroid dienone is 1. The summed E-state index contributed by atoms with van der Waals surface area (Å²) >= 11 is 1.30. The van der Waals surface area contributed by atoms with Crippen LogP contribution in [0.5, 0.6) is 11.5 Å². The van der Waals surface area contributed by atoms with Gasteiger partial charge < -0.3 is 14.8 Å². The number of fused-ring (bicyclic) bond motifs is 2. The molecule has 0 bridgehead atoms. The normalized spacial score (nSPS) is 14.8. The Morgan fingerprint density at radius 1 is 1.00 bits per heavy atom. The number of hydrogen-bond donors (Lipinski definition) is 1. The number of benzene rings is 4. The summed E-state index contributed by atoms with van der Waals surface area (Å²) in [7, 11) is 1.62. The number of aromatic nitrogens is 1. The van der Waals surface area contributed by atoms with Crippen LogP contribution in [-0.4, -0.2) is 24.2 Å². The first-order valence-electron chi connectivity index (χ1n) is 13.7. The number of para-hydroxylation sites is 1. The molecule has 0 unspecified atom stereocenters. The first kappa shape index (κ1) is 27.2. The predicted molar refractivity (Wildman–Crippen MR) is 167 cm³/mol. The van der Waals surface area contributed by atoms with Crippen molar-refractivity contribution in [2.45, 2.75) is 19.9 Å². The minimum absolute atomic E-state index is 0.231. The molecule has 1 N–H and O–H groups in total. The van der Waals surface area contributed by atoms with Crippen LogP contribution in [-0.2, 0) is 4.79 Å². The highest BCUT2D eigenvalue weighted by molar-refractivity contribution is 7.07. The molecule has 0 saturated carbocycles. The molecule has 0 radical (unpaired) electrons. The van der Waals surface area contributed by atoms with Gasteiger partial charge in [-0.25, -0.2) is 4.99 Å². The van der Waals surface area contributed by atoms with Crippen LogP contribution in [0.25, 0.3) is 16.8 Å². The summed E-state index contributed by atoms with van der Waals surface area (Å²) < 4.78 is 13.4. The molecule has 5 aromatic rings. The zero-order valence-corrected chi connectivity index (χ0v) is 24.3. The molecule has 1 aliphatic heterocycles. The molecule has 210 valence electrons. The summed E-state index contributed by atoms with van der Waals surface area (Å²) in [6.07, 6.45) is 1.86. The van der Waals surface area contributed by atoms with Crippen molar-refractivity contribution in [2.75, 3.05) is 19.0 Å². The zero-order valence-electron chi connectivity index (χ0n) is 23.5. The number of nitrogens with zero attached hydrogens (tertiary/aromatic N) is 2. The van der Waals surface area contributed by atoms with E-state index in [0.29, 0.717) is 44.4 Å². The fraction of sp³-hybridized carbons (Fsp3) is 0.147. The lowest BCUT2D eigenvalue weighted by Crippen LogP contribution is -2.40. The van der Waals surface area contributed by atoms with Gasteiger partial charge in [0, 0.05) is 11.3 Å². The third-order valence-electron chi connectivity index (χ3n) is 7.23. The van der Waals surface area contributed by atoms with Crippen molar-refractivity contribution in [3.05, 3.63) is 133 Å². The number of carbonyl (C=O) groups is 1. The first-order chi connectivity index (χ1) is 20.5. The van der Waals surface area contributed by atoms with Crippen LogP contribution in [0, 0.1) is 0 Å². The van der Waals surface area contributed by atoms with Crippen molar-refractivity contribution in [1.82, 2.24) is 4.57 Å². The first-order valence-corrected chi connectivity index (χ1v) is 14.5. The van der Waals surface area contributed by atoms with Gasteiger partial charge in [-0.1, -0.05) is 72.0 Å². The lowest BCUT2D eigenvalue weighted by Gasteiger charge is -2.25. The van der Waals surface area contributed by atoms with E-state index < -0.39 is 6.04 Å². The van der Waals surface area contributed by atoms with E-state index >= 15 is 0 Å². The monoisotopic (exact) mass is 575 g/mol. The molecular formula is C34H29N3O4S. The number of ether oxygens (including phenoxy) is 2. The van der Waals surface area contributed by atoms with E-state index in [4.69, 9.17) is 14.5 Å². The molecule has 0 spiro atoms. The fourth-order valence-electron chi connectivity index (χ4n) is 5.29. The molecule has 1 aliphatic rings. The SMILES string of the molecule is CCOc1ccc([C@@H]2C(C(=O)Nc3ccccc3)=C(C)N=c3s/c(=C/c4c(OC)ccc5ccccc45)c(=O)n32)cc1. The average molecular weight is 576 g/mol. The van der Waals surface area contributed by atoms with Crippen LogP contribution < -0.4 is 29.7 Å². The van der Waals surface area contributed by atoms with Gasteiger partial charge in [-0.15, -0.1) is 0 Å². The number of anilines is 1. The van der Waals surface area contributed by atoms with Crippen LogP contribution >= 0.6 is 11.3 Å². The summed E-state index contributed by atoms with van der Waals surface area (Å²) in [5.74, 6) is 1.07. The maximum Gasteiger partial charge on any atom is 0.271 e. The highest BCUT2D eigenvalue weighted by Gasteiger charge is 2.32. The highest BCUT2D eigenvalue weighted by Crippen LogP contribution is 2.32.